The van der Waals surface area contributed by atoms with Crippen molar-refractivity contribution in [2.24, 2.45) is 0 Å². The average Bonchev–Trinajstić information content (AvgIpc) is 2.41. The maximum absolute atomic E-state index is 9.83. The van der Waals surface area contributed by atoms with Gasteiger partial charge in [-0.2, -0.15) is 0 Å². The molecule has 0 fully saturated rings. The van der Waals surface area contributed by atoms with Crippen LogP contribution in [0.4, 0.5) is 5.69 Å². The Morgan fingerprint density at radius 1 is 1.10 bits per heavy atom. The van der Waals surface area contributed by atoms with Crippen LogP contribution in [0.1, 0.15) is 16.7 Å². The number of ether oxygens (including phenoxy) is 1. The smallest absolute Gasteiger partial charge is 0.172 e. The molecule has 2 rings (SSSR count). The van der Waals surface area contributed by atoms with E-state index in [2.05, 4.69) is 63.2 Å². The van der Waals surface area contributed by atoms with Gasteiger partial charge in [0, 0.05) is 11.0 Å². The lowest BCUT2D eigenvalue weighted by molar-refractivity contribution is 0.371. The lowest BCUT2D eigenvalue weighted by Gasteiger charge is -2.14. The molecule has 5 heteroatoms. The van der Waals surface area contributed by atoms with Gasteiger partial charge in [-0.1, -0.05) is 6.07 Å². The summed E-state index contributed by atoms with van der Waals surface area (Å²) in [5.74, 6) is 0.579. The minimum atomic E-state index is 0.119. The fourth-order valence-corrected chi connectivity index (χ4v) is 3.52. The van der Waals surface area contributed by atoms with Crippen LogP contribution in [0.3, 0.4) is 0 Å². The summed E-state index contributed by atoms with van der Waals surface area (Å²) >= 11 is 6.92. The zero-order valence-electron chi connectivity index (χ0n) is 12.1. The molecule has 2 aromatic carbocycles. The van der Waals surface area contributed by atoms with Crippen LogP contribution in [-0.4, -0.2) is 12.2 Å². The van der Waals surface area contributed by atoms with Gasteiger partial charge in [0.15, 0.2) is 11.5 Å². The van der Waals surface area contributed by atoms with Crippen molar-refractivity contribution in [2.45, 2.75) is 20.4 Å². The molecule has 3 nitrogen and oxygen atoms in total. The highest BCUT2D eigenvalue weighted by atomic mass is 79.9. The first-order valence-corrected chi connectivity index (χ1v) is 8.07. The molecule has 0 aliphatic heterocycles. The molecule has 0 aliphatic rings. The quantitative estimate of drug-likeness (QED) is 0.726. The van der Waals surface area contributed by atoms with Crippen LogP contribution in [-0.2, 0) is 6.54 Å². The van der Waals surface area contributed by atoms with E-state index in [1.54, 1.807) is 7.11 Å². The molecule has 0 spiro atoms. The Labute approximate surface area is 141 Å². The molecule has 0 atom stereocenters. The number of rotatable bonds is 4. The second kappa shape index (κ2) is 6.71. The van der Waals surface area contributed by atoms with Crippen molar-refractivity contribution in [3.05, 3.63) is 49.9 Å². The Bertz CT molecular complexity index is 649. The maximum Gasteiger partial charge on any atom is 0.172 e. The van der Waals surface area contributed by atoms with Crippen molar-refractivity contribution in [3.8, 4) is 11.5 Å². The highest BCUT2D eigenvalue weighted by molar-refractivity contribution is 9.11. The van der Waals surface area contributed by atoms with E-state index in [1.165, 1.54) is 11.1 Å². The van der Waals surface area contributed by atoms with Gasteiger partial charge in [-0.25, -0.2) is 0 Å². The molecule has 2 N–H and O–H groups in total. The number of halogens is 2. The first-order valence-electron chi connectivity index (χ1n) is 6.48. The second-order valence-electron chi connectivity index (χ2n) is 4.92. The summed E-state index contributed by atoms with van der Waals surface area (Å²) < 4.78 is 6.83. The number of benzene rings is 2. The summed E-state index contributed by atoms with van der Waals surface area (Å²) in [5.41, 5.74) is 4.50. The predicted octanol–water partition coefficient (Wildman–Crippen LogP) is 5.15. The molecule has 0 radical (unpaired) electrons. The Balaban J connectivity index is 2.23. The summed E-state index contributed by atoms with van der Waals surface area (Å²) in [6.45, 7) is 4.79. The highest BCUT2D eigenvalue weighted by Gasteiger charge is 2.10. The van der Waals surface area contributed by atoms with Crippen LogP contribution >= 0.6 is 31.9 Å². The first kappa shape index (κ1) is 16.2. The Hall–Kier alpha value is -1.20. The summed E-state index contributed by atoms with van der Waals surface area (Å²) in [6.07, 6.45) is 0. The summed E-state index contributed by atoms with van der Waals surface area (Å²) in [5, 5.41) is 13.2. The number of aryl methyl sites for hydroxylation is 2. The molecular formula is C16H17Br2NO2. The molecule has 0 aromatic heterocycles. The van der Waals surface area contributed by atoms with Crippen LogP contribution in [0.5, 0.6) is 11.5 Å². The third kappa shape index (κ3) is 3.71. The topological polar surface area (TPSA) is 41.5 Å². The van der Waals surface area contributed by atoms with Gasteiger partial charge in [0.2, 0.25) is 0 Å². The van der Waals surface area contributed by atoms with E-state index in [0.29, 0.717) is 16.8 Å². The van der Waals surface area contributed by atoms with Gasteiger partial charge < -0.3 is 15.2 Å². The van der Waals surface area contributed by atoms with E-state index < -0.39 is 0 Å². The molecule has 0 amide bonds. The number of anilines is 1. The van der Waals surface area contributed by atoms with Gasteiger partial charge in [0.25, 0.3) is 0 Å². The Morgan fingerprint density at radius 3 is 2.43 bits per heavy atom. The lowest BCUT2D eigenvalue weighted by Crippen LogP contribution is -2.03. The van der Waals surface area contributed by atoms with E-state index >= 15 is 0 Å². The number of methoxy groups -OCH3 is 1. The standard InChI is InChI=1S/C16H17Br2NO2/c1-9-4-10(2)15(12(17)5-9)19-8-11-6-13(18)16(20)14(7-11)21-3/h4-7,19-20H,8H2,1-3H3. The lowest BCUT2D eigenvalue weighted by atomic mass is 10.1. The van der Waals surface area contributed by atoms with Crippen molar-refractivity contribution in [1.82, 2.24) is 0 Å². The molecule has 0 saturated carbocycles. The fourth-order valence-electron chi connectivity index (χ4n) is 2.21. The van der Waals surface area contributed by atoms with Gasteiger partial charge in [-0.05, 0) is 80.6 Å². The number of aromatic hydroxyl groups is 1. The fraction of sp³-hybridized carbons (Fsp3) is 0.250. The second-order valence-corrected chi connectivity index (χ2v) is 6.63. The third-order valence-electron chi connectivity index (χ3n) is 3.21. The normalized spacial score (nSPS) is 10.5. The van der Waals surface area contributed by atoms with Gasteiger partial charge in [0.05, 0.1) is 17.3 Å². The number of hydrogen-bond acceptors (Lipinski definition) is 3. The van der Waals surface area contributed by atoms with Crippen LogP contribution in [0.15, 0.2) is 33.2 Å². The molecule has 112 valence electrons. The van der Waals surface area contributed by atoms with E-state index in [4.69, 9.17) is 4.74 Å². The van der Waals surface area contributed by atoms with Gasteiger partial charge in [-0.15, -0.1) is 0 Å². The summed E-state index contributed by atoms with van der Waals surface area (Å²) in [7, 11) is 1.54. The molecule has 21 heavy (non-hydrogen) atoms. The number of hydrogen-bond donors (Lipinski definition) is 2. The van der Waals surface area contributed by atoms with Crippen LogP contribution < -0.4 is 10.1 Å². The van der Waals surface area contributed by atoms with Crippen molar-refractivity contribution in [3.63, 3.8) is 0 Å². The van der Waals surface area contributed by atoms with Gasteiger partial charge in [0.1, 0.15) is 0 Å². The number of phenolic OH excluding ortho intramolecular Hbond substituents is 1. The van der Waals surface area contributed by atoms with Gasteiger partial charge in [-0.3, -0.25) is 0 Å². The summed E-state index contributed by atoms with van der Waals surface area (Å²) in [6, 6.07) is 7.93. The molecule has 0 heterocycles. The zero-order valence-corrected chi connectivity index (χ0v) is 15.3. The molecule has 0 saturated heterocycles. The van der Waals surface area contributed by atoms with E-state index in [9.17, 15) is 5.11 Å². The van der Waals surface area contributed by atoms with E-state index in [0.717, 1.165) is 15.7 Å². The van der Waals surface area contributed by atoms with Crippen LogP contribution in [0.2, 0.25) is 0 Å². The first-order chi connectivity index (χ1) is 9.92. The highest BCUT2D eigenvalue weighted by Crippen LogP contribution is 2.36. The van der Waals surface area contributed by atoms with Gasteiger partial charge >= 0.3 is 0 Å². The van der Waals surface area contributed by atoms with Crippen LogP contribution in [0.25, 0.3) is 0 Å². The van der Waals surface area contributed by atoms with Crippen molar-refractivity contribution in [2.75, 3.05) is 12.4 Å². The summed E-state index contributed by atoms with van der Waals surface area (Å²) in [4.78, 5) is 0. The van der Waals surface area contributed by atoms with Crippen molar-refractivity contribution in [1.29, 1.82) is 0 Å². The van der Waals surface area contributed by atoms with Crippen molar-refractivity contribution < 1.29 is 9.84 Å². The average molecular weight is 415 g/mol. The maximum atomic E-state index is 9.83. The largest absolute Gasteiger partial charge is 0.503 e. The predicted molar refractivity (Wildman–Crippen MR) is 93.3 cm³/mol. The third-order valence-corrected chi connectivity index (χ3v) is 4.44. The van der Waals surface area contributed by atoms with E-state index in [-0.39, 0.29) is 5.75 Å². The zero-order chi connectivity index (χ0) is 15.6. The number of phenols is 1. The molecule has 0 aliphatic carbocycles. The van der Waals surface area contributed by atoms with Crippen LogP contribution in [0, 0.1) is 13.8 Å². The molecular weight excluding hydrogens is 398 g/mol. The number of nitrogens with one attached hydrogen (secondary N) is 1. The SMILES string of the molecule is COc1cc(CNc2c(C)cc(C)cc2Br)cc(Br)c1O. The molecule has 0 unspecified atom stereocenters. The van der Waals surface area contributed by atoms with Crippen molar-refractivity contribution >= 4 is 37.5 Å². The molecule has 0 bridgehead atoms. The minimum absolute atomic E-state index is 0.119. The van der Waals surface area contributed by atoms with E-state index in [1.807, 2.05) is 12.1 Å². The minimum Gasteiger partial charge on any atom is -0.503 e. The molecule has 2 aromatic rings. The Kier molecular flexibility index (Phi) is 5.17. The monoisotopic (exact) mass is 413 g/mol. The Morgan fingerprint density at radius 2 is 1.81 bits per heavy atom.